The molecule has 0 radical (unpaired) electrons. The minimum Gasteiger partial charge on any atom is -0.495 e. The smallest absolute Gasteiger partial charge is 0.268 e. The van der Waals surface area contributed by atoms with Crippen molar-refractivity contribution < 1.29 is 22.8 Å². The average Bonchev–Trinajstić information content (AvgIpc) is 2.60. The number of amides is 1. The molecule has 0 atom stereocenters. The number of hydroxylamine groups is 1. The van der Waals surface area contributed by atoms with E-state index in [1.807, 2.05) is 6.92 Å². The molecule has 0 aliphatic carbocycles. The topological polar surface area (TPSA) is 97.8 Å². The van der Waals surface area contributed by atoms with Crippen molar-refractivity contribution in [1.29, 1.82) is 0 Å². The number of benzene rings is 1. The number of anilines is 1. The Morgan fingerprint density at radius 3 is 2.52 bits per heavy atom. The standard InChI is InChI=1S/C16H19N3O5S/c1-11-7-8-17-15(9-11)18-16(20)12-5-6-13(23-3)14(10-12)25(21,22)19(2)24-4/h5-10H,1-4H3,(H,17,18,20). The summed E-state index contributed by atoms with van der Waals surface area (Å²) in [5.41, 5.74) is 1.08. The lowest BCUT2D eigenvalue weighted by molar-refractivity contribution is -0.0259. The summed E-state index contributed by atoms with van der Waals surface area (Å²) >= 11 is 0. The van der Waals surface area contributed by atoms with Crippen molar-refractivity contribution in [3.8, 4) is 5.75 Å². The van der Waals surface area contributed by atoms with Crippen LogP contribution in [0.5, 0.6) is 5.75 Å². The van der Waals surface area contributed by atoms with Gasteiger partial charge in [-0.2, -0.15) is 0 Å². The first-order valence-corrected chi connectivity index (χ1v) is 8.68. The molecule has 0 aliphatic heterocycles. The third kappa shape index (κ3) is 4.13. The molecule has 0 saturated carbocycles. The molecular formula is C16H19N3O5S. The van der Waals surface area contributed by atoms with Crippen LogP contribution in [0.15, 0.2) is 41.4 Å². The molecule has 0 unspecified atom stereocenters. The number of rotatable bonds is 6. The van der Waals surface area contributed by atoms with Crippen molar-refractivity contribution in [1.82, 2.24) is 9.45 Å². The van der Waals surface area contributed by atoms with Crippen molar-refractivity contribution in [2.75, 3.05) is 26.6 Å². The quantitative estimate of drug-likeness (QED) is 0.785. The second kappa shape index (κ2) is 7.60. The van der Waals surface area contributed by atoms with Crippen molar-refractivity contribution in [2.24, 2.45) is 0 Å². The van der Waals surface area contributed by atoms with Gasteiger partial charge in [-0.1, -0.05) is 4.47 Å². The molecule has 2 aromatic rings. The van der Waals surface area contributed by atoms with Crippen molar-refractivity contribution >= 4 is 21.7 Å². The van der Waals surface area contributed by atoms with Gasteiger partial charge in [0.05, 0.1) is 14.2 Å². The van der Waals surface area contributed by atoms with Crippen molar-refractivity contribution in [3.05, 3.63) is 47.7 Å². The summed E-state index contributed by atoms with van der Waals surface area (Å²) in [6, 6.07) is 7.62. The highest BCUT2D eigenvalue weighted by molar-refractivity contribution is 7.89. The largest absolute Gasteiger partial charge is 0.495 e. The van der Waals surface area contributed by atoms with Crippen LogP contribution < -0.4 is 10.1 Å². The molecule has 1 aromatic carbocycles. The molecule has 25 heavy (non-hydrogen) atoms. The number of pyridine rings is 1. The van der Waals surface area contributed by atoms with Gasteiger partial charge in [-0.15, -0.1) is 0 Å². The summed E-state index contributed by atoms with van der Waals surface area (Å²) in [5.74, 6) is -0.00867. The zero-order valence-electron chi connectivity index (χ0n) is 14.3. The second-order valence-corrected chi connectivity index (χ2v) is 7.04. The Hall–Kier alpha value is -2.49. The van der Waals surface area contributed by atoms with Crippen LogP contribution in [0.25, 0.3) is 0 Å². The van der Waals surface area contributed by atoms with Gasteiger partial charge in [0.1, 0.15) is 16.5 Å². The highest BCUT2D eigenvalue weighted by Gasteiger charge is 2.26. The number of ether oxygens (including phenoxy) is 1. The highest BCUT2D eigenvalue weighted by atomic mass is 32.2. The van der Waals surface area contributed by atoms with E-state index in [1.165, 1.54) is 39.5 Å². The van der Waals surface area contributed by atoms with Crippen LogP contribution in [0.1, 0.15) is 15.9 Å². The normalized spacial score (nSPS) is 11.4. The molecule has 0 spiro atoms. The maximum absolute atomic E-state index is 12.5. The lowest BCUT2D eigenvalue weighted by atomic mass is 10.2. The number of aryl methyl sites for hydroxylation is 1. The molecular weight excluding hydrogens is 346 g/mol. The summed E-state index contributed by atoms with van der Waals surface area (Å²) in [7, 11) is -0.158. The SMILES string of the molecule is COc1ccc(C(=O)Nc2cc(C)ccn2)cc1S(=O)(=O)N(C)OC. The maximum Gasteiger partial charge on any atom is 0.268 e. The first kappa shape index (κ1) is 18.8. The van der Waals surface area contributed by atoms with E-state index in [-0.39, 0.29) is 16.2 Å². The first-order chi connectivity index (χ1) is 11.8. The third-order valence-electron chi connectivity index (χ3n) is 3.46. The monoisotopic (exact) mass is 365 g/mol. The molecule has 0 bridgehead atoms. The number of nitrogens with one attached hydrogen (secondary N) is 1. The molecule has 9 heteroatoms. The van der Waals surface area contributed by atoms with E-state index in [2.05, 4.69) is 10.3 Å². The van der Waals surface area contributed by atoms with Gasteiger partial charge in [0, 0.05) is 18.8 Å². The van der Waals surface area contributed by atoms with Crippen LogP contribution in [0.4, 0.5) is 5.82 Å². The van der Waals surface area contributed by atoms with Gasteiger partial charge < -0.3 is 10.1 Å². The minimum atomic E-state index is -3.98. The molecule has 8 nitrogen and oxygen atoms in total. The Kier molecular flexibility index (Phi) is 5.73. The van der Waals surface area contributed by atoms with Gasteiger partial charge in [0.25, 0.3) is 15.9 Å². The number of hydrogen-bond acceptors (Lipinski definition) is 6. The predicted molar refractivity (Wildman–Crippen MR) is 91.9 cm³/mol. The molecule has 1 aromatic heterocycles. The average molecular weight is 365 g/mol. The molecule has 0 saturated heterocycles. The third-order valence-corrected chi connectivity index (χ3v) is 5.16. The molecule has 134 valence electrons. The summed E-state index contributed by atoms with van der Waals surface area (Å²) in [4.78, 5) is 21.0. The number of nitrogens with zero attached hydrogens (tertiary/aromatic N) is 2. The summed E-state index contributed by atoms with van der Waals surface area (Å²) in [6.45, 7) is 1.87. The van der Waals surface area contributed by atoms with Gasteiger partial charge in [-0.3, -0.25) is 9.63 Å². The Bertz CT molecular complexity index is 883. The second-order valence-electron chi connectivity index (χ2n) is 5.14. The van der Waals surface area contributed by atoms with Gasteiger partial charge >= 0.3 is 0 Å². The summed E-state index contributed by atoms with van der Waals surface area (Å²) < 4.78 is 30.8. The van der Waals surface area contributed by atoms with Crippen LogP contribution in [0.3, 0.4) is 0 Å². The number of carbonyl (C=O) groups is 1. The molecule has 2 rings (SSSR count). The van der Waals surface area contributed by atoms with Crippen LogP contribution in [0.2, 0.25) is 0 Å². The lowest BCUT2D eigenvalue weighted by Gasteiger charge is -2.17. The van der Waals surface area contributed by atoms with E-state index in [9.17, 15) is 13.2 Å². The van der Waals surface area contributed by atoms with E-state index in [1.54, 1.807) is 18.3 Å². The maximum atomic E-state index is 12.5. The fourth-order valence-corrected chi connectivity index (χ4v) is 3.20. The Balaban J connectivity index is 2.40. The van der Waals surface area contributed by atoms with Crippen molar-refractivity contribution in [3.63, 3.8) is 0 Å². The van der Waals surface area contributed by atoms with E-state index in [4.69, 9.17) is 9.57 Å². The Morgan fingerprint density at radius 2 is 1.92 bits per heavy atom. The van der Waals surface area contributed by atoms with Gasteiger partial charge in [-0.25, -0.2) is 13.4 Å². The van der Waals surface area contributed by atoms with Gasteiger partial charge in [-0.05, 0) is 42.8 Å². The number of sulfonamides is 1. The fourth-order valence-electron chi connectivity index (χ4n) is 2.05. The molecule has 1 heterocycles. The minimum absolute atomic E-state index is 0.106. The zero-order chi connectivity index (χ0) is 18.6. The molecule has 0 aliphatic rings. The number of aromatic nitrogens is 1. The zero-order valence-corrected chi connectivity index (χ0v) is 15.1. The van der Waals surface area contributed by atoms with Crippen LogP contribution in [-0.2, 0) is 14.9 Å². The molecule has 0 fully saturated rings. The van der Waals surface area contributed by atoms with Crippen LogP contribution in [0, 0.1) is 6.92 Å². The van der Waals surface area contributed by atoms with Crippen LogP contribution >= 0.6 is 0 Å². The number of methoxy groups -OCH3 is 1. The van der Waals surface area contributed by atoms with E-state index >= 15 is 0 Å². The lowest BCUT2D eigenvalue weighted by Crippen LogP contribution is -2.26. The Labute approximate surface area is 146 Å². The summed E-state index contributed by atoms with van der Waals surface area (Å²) in [6.07, 6.45) is 1.57. The van der Waals surface area contributed by atoms with E-state index in [0.717, 1.165) is 5.56 Å². The van der Waals surface area contributed by atoms with E-state index in [0.29, 0.717) is 10.3 Å². The Morgan fingerprint density at radius 1 is 1.20 bits per heavy atom. The van der Waals surface area contributed by atoms with E-state index < -0.39 is 15.9 Å². The highest BCUT2D eigenvalue weighted by Crippen LogP contribution is 2.27. The van der Waals surface area contributed by atoms with Crippen LogP contribution in [-0.4, -0.2) is 45.0 Å². The first-order valence-electron chi connectivity index (χ1n) is 7.24. The van der Waals surface area contributed by atoms with Gasteiger partial charge in [0.15, 0.2) is 0 Å². The molecule has 1 amide bonds. The molecule has 1 N–H and O–H groups in total. The predicted octanol–water partition coefficient (Wildman–Crippen LogP) is 1.83. The van der Waals surface area contributed by atoms with Crippen molar-refractivity contribution in [2.45, 2.75) is 11.8 Å². The summed E-state index contributed by atoms with van der Waals surface area (Å²) in [5, 5.41) is 2.63. The number of hydrogen-bond donors (Lipinski definition) is 1. The fraction of sp³-hybridized carbons (Fsp3) is 0.250. The number of carbonyl (C=O) groups excluding carboxylic acids is 1. The van der Waals surface area contributed by atoms with Gasteiger partial charge in [0.2, 0.25) is 0 Å².